The van der Waals surface area contributed by atoms with Gasteiger partial charge in [0, 0.05) is 30.2 Å². The molecule has 4 rings (SSSR count). The van der Waals surface area contributed by atoms with E-state index in [4.69, 9.17) is 27.9 Å². The quantitative estimate of drug-likeness (QED) is 0.878. The molecule has 1 N–H and O–H groups in total. The topological polar surface area (TPSA) is 49.8 Å². The minimum absolute atomic E-state index is 0.274. The number of aliphatic carboxylic acids is 1. The Bertz CT molecular complexity index is 733. The molecule has 0 unspecified atom stereocenters. The average molecular weight is 368 g/mol. The van der Waals surface area contributed by atoms with Crippen LogP contribution in [0.2, 0.25) is 10.0 Å². The van der Waals surface area contributed by atoms with Gasteiger partial charge in [0.05, 0.1) is 10.4 Å². The highest BCUT2D eigenvalue weighted by atomic mass is 35.5. The summed E-state index contributed by atoms with van der Waals surface area (Å²) in [6, 6.07) is 3.53. The average Bonchev–Trinajstić information content (AvgIpc) is 3.04. The molecule has 6 heteroatoms. The minimum Gasteiger partial charge on any atom is -0.487 e. The van der Waals surface area contributed by atoms with Crippen LogP contribution in [0.1, 0.15) is 24.8 Å². The Kier molecular flexibility index (Phi) is 4.02. The Morgan fingerprint density at radius 2 is 2.25 bits per heavy atom. The van der Waals surface area contributed by atoms with Crippen molar-refractivity contribution < 1.29 is 14.6 Å². The largest absolute Gasteiger partial charge is 0.487 e. The Morgan fingerprint density at radius 3 is 3.00 bits per heavy atom. The van der Waals surface area contributed by atoms with E-state index in [1.54, 1.807) is 6.07 Å². The number of nitrogens with zero attached hydrogens (tertiary/aromatic N) is 1. The summed E-state index contributed by atoms with van der Waals surface area (Å²) in [7, 11) is 0. The molecule has 1 saturated heterocycles. The Hall–Kier alpha value is -1.23. The van der Waals surface area contributed by atoms with E-state index in [9.17, 15) is 9.90 Å². The number of carboxylic acid groups (broad SMARTS) is 1. The zero-order valence-corrected chi connectivity index (χ0v) is 14.7. The number of carboxylic acids is 1. The third-order valence-corrected chi connectivity index (χ3v) is 6.09. The normalized spacial score (nSPS) is 28.9. The molecule has 1 saturated carbocycles. The van der Waals surface area contributed by atoms with Crippen LogP contribution in [0.15, 0.2) is 17.7 Å². The summed E-state index contributed by atoms with van der Waals surface area (Å²) < 4.78 is 5.80. The van der Waals surface area contributed by atoms with E-state index in [2.05, 4.69) is 11.0 Å². The van der Waals surface area contributed by atoms with Crippen molar-refractivity contribution in [3.05, 3.63) is 33.3 Å². The number of carbonyl (C=O) groups is 1. The van der Waals surface area contributed by atoms with Gasteiger partial charge < -0.3 is 9.84 Å². The lowest BCUT2D eigenvalue weighted by molar-refractivity contribution is -0.149. The number of rotatable bonds is 3. The maximum Gasteiger partial charge on any atom is 0.311 e. The minimum atomic E-state index is -0.634. The molecule has 1 aromatic rings. The first-order valence-electron chi connectivity index (χ1n) is 8.25. The van der Waals surface area contributed by atoms with Crippen molar-refractivity contribution in [3.63, 3.8) is 0 Å². The van der Waals surface area contributed by atoms with E-state index in [0.717, 1.165) is 43.5 Å². The predicted octanol–water partition coefficient (Wildman–Crippen LogP) is 3.96. The van der Waals surface area contributed by atoms with Crippen molar-refractivity contribution in [1.29, 1.82) is 0 Å². The molecule has 2 aliphatic heterocycles. The molecule has 3 aliphatic rings. The van der Waals surface area contributed by atoms with Gasteiger partial charge in [-0.3, -0.25) is 9.69 Å². The molecule has 0 bridgehead atoms. The second-order valence-electron chi connectivity index (χ2n) is 7.12. The second kappa shape index (κ2) is 5.94. The molecule has 2 fully saturated rings. The summed E-state index contributed by atoms with van der Waals surface area (Å²) in [5.41, 5.74) is 1.48. The molecule has 2 heterocycles. The second-order valence-corrected chi connectivity index (χ2v) is 7.96. The van der Waals surface area contributed by atoms with E-state index in [1.165, 1.54) is 0 Å². The number of hydrogen-bond acceptors (Lipinski definition) is 3. The number of ether oxygens (including phenoxy) is 1. The summed E-state index contributed by atoms with van der Waals surface area (Å²) >= 11 is 12.2. The van der Waals surface area contributed by atoms with Crippen molar-refractivity contribution in [2.24, 2.45) is 11.3 Å². The Morgan fingerprint density at radius 1 is 1.42 bits per heavy atom. The van der Waals surface area contributed by atoms with Crippen molar-refractivity contribution in [2.75, 3.05) is 26.2 Å². The Labute approximate surface area is 151 Å². The van der Waals surface area contributed by atoms with E-state index in [0.29, 0.717) is 28.9 Å². The lowest BCUT2D eigenvalue weighted by atomic mass is 9.81. The summed E-state index contributed by atoms with van der Waals surface area (Å²) in [5, 5.41) is 10.8. The molecule has 128 valence electrons. The predicted molar refractivity (Wildman–Crippen MR) is 93.8 cm³/mol. The van der Waals surface area contributed by atoms with Gasteiger partial charge in [0.2, 0.25) is 0 Å². The molecule has 0 spiro atoms. The lowest BCUT2D eigenvalue weighted by Crippen LogP contribution is -2.36. The van der Waals surface area contributed by atoms with Crippen LogP contribution in [0.5, 0.6) is 5.75 Å². The van der Waals surface area contributed by atoms with Crippen molar-refractivity contribution in [3.8, 4) is 5.75 Å². The molecular weight excluding hydrogens is 349 g/mol. The van der Waals surface area contributed by atoms with Gasteiger partial charge in [-0.05, 0) is 42.5 Å². The van der Waals surface area contributed by atoms with E-state index < -0.39 is 11.4 Å². The third-order valence-electron chi connectivity index (χ3n) is 5.59. The van der Waals surface area contributed by atoms with Crippen molar-refractivity contribution in [2.45, 2.75) is 19.3 Å². The molecule has 2 atom stereocenters. The standard InChI is InChI=1S/C18H19Cl2NO3/c19-14-5-12-4-11(9-24-16(12)15(20)6-14)7-21-8-13-2-1-3-18(13,10-21)17(22)23/h4-6,13H,1-3,7-10H2,(H,22,23)/t13-,18+/m0/s1. The van der Waals surface area contributed by atoms with Gasteiger partial charge in [-0.15, -0.1) is 0 Å². The molecule has 24 heavy (non-hydrogen) atoms. The lowest BCUT2D eigenvalue weighted by Gasteiger charge is -2.25. The number of fused-ring (bicyclic) bond motifs is 2. The van der Waals surface area contributed by atoms with Gasteiger partial charge in [-0.2, -0.15) is 0 Å². The van der Waals surface area contributed by atoms with Crippen LogP contribution in [0.25, 0.3) is 6.08 Å². The fourth-order valence-corrected chi connectivity index (χ4v) is 5.07. The zero-order valence-electron chi connectivity index (χ0n) is 13.2. The van der Waals surface area contributed by atoms with Crippen molar-refractivity contribution in [1.82, 2.24) is 4.90 Å². The number of likely N-dealkylation sites (tertiary alicyclic amines) is 1. The number of hydrogen-bond donors (Lipinski definition) is 1. The van der Waals surface area contributed by atoms with Crippen LogP contribution in [-0.4, -0.2) is 42.2 Å². The van der Waals surface area contributed by atoms with Crippen LogP contribution in [0.4, 0.5) is 0 Å². The maximum absolute atomic E-state index is 11.8. The van der Waals surface area contributed by atoms with Gasteiger partial charge in [0.1, 0.15) is 12.4 Å². The molecule has 0 aromatic heterocycles. The first-order valence-corrected chi connectivity index (χ1v) is 9.00. The number of benzene rings is 1. The highest BCUT2D eigenvalue weighted by molar-refractivity contribution is 6.36. The third kappa shape index (κ3) is 2.61. The van der Waals surface area contributed by atoms with E-state index >= 15 is 0 Å². The van der Waals surface area contributed by atoms with Gasteiger partial charge in [-0.25, -0.2) is 0 Å². The fraction of sp³-hybridized carbons (Fsp3) is 0.500. The molecular formula is C18H19Cl2NO3. The van der Waals surface area contributed by atoms with Crippen LogP contribution < -0.4 is 4.74 Å². The van der Waals surface area contributed by atoms with Gasteiger partial charge in [0.15, 0.2) is 0 Å². The van der Waals surface area contributed by atoms with Gasteiger partial charge in [-0.1, -0.05) is 29.6 Å². The maximum atomic E-state index is 11.8. The summed E-state index contributed by atoms with van der Waals surface area (Å²) in [6.07, 6.45) is 4.92. The Balaban J connectivity index is 1.53. The smallest absolute Gasteiger partial charge is 0.311 e. The number of halogens is 2. The van der Waals surface area contributed by atoms with Gasteiger partial charge in [0.25, 0.3) is 0 Å². The summed E-state index contributed by atoms with van der Waals surface area (Å²) in [5.74, 6) is 0.312. The van der Waals surface area contributed by atoms with Crippen molar-refractivity contribution >= 4 is 35.2 Å². The molecule has 0 radical (unpaired) electrons. The summed E-state index contributed by atoms with van der Waals surface area (Å²) in [6.45, 7) is 2.70. The SMILES string of the molecule is O=C(O)[C@@]12CCC[C@H]1CN(CC1=Cc3cc(Cl)cc(Cl)c3OC1)C2. The van der Waals surface area contributed by atoms with Crippen LogP contribution >= 0.6 is 23.2 Å². The van der Waals surface area contributed by atoms with Crippen LogP contribution in [-0.2, 0) is 4.79 Å². The molecule has 1 aromatic carbocycles. The fourth-order valence-electron chi connectivity index (χ4n) is 4.51. The van der Waals surface area contributed by atoms with Crippen LogP contribution in [0.3, 0.4) is 0 Å². The first kappa shape index (κ1) is 16.2. The van der Waals surface area contributed by atoms with E-state index in [1.807, 2.05) is 6.07 Å². The highest BCUT2D eigenvalue weighted by Crippen LogP contribution is 2.49. The molecule has 4 nitrogen and oxygen atoms in total. The monoisotopic (exact) mass is 367 g/mol. The van der Waals surface area contributed by atoms with Gasteiger partial charge >= 0.3 is 5.97 Å². The zero-order chi connectivity index (χ0) is 16.9. The first-order chi connectivity index (χ1) is 11.5. The highest BCUT2D eigenvalue weighted by Gasteiger charge is 2.54. The molecule has 1 aliphatic carbocycles. The summed E-state index contributed by atoms with van der Waals surface area (Å²) in [4.78, 5) is 14.0. The van der Waals surface area contributed by atoms with E-state index in [-0.39, 0.29) is 5.92 Å². The molecule has 0 amide bonds. The van der Waals surface area contributed by atoms with Crippen LogP contribution in [0, 0.1) is 11.3 Å².